The smallest absolute Gasteiger partial charge is 0.394 e. The molecule has 0 atom stereocenters. The van der Waals surface area contributed by atoms with Crippen LogP contribution in [0.25, 0.3) is 12.2 Å². The summed E-state index contributed by atoms with van der Waals surface area (Å²) < 4.78 is 34.9. The van der Waals surface area contributed by atoms with Gasteiger partial charge >= 0.3 is 6.97 Å². The Morgan fingerprint density at radius 2 is 1.28 bits per heavy atom. The second-order valence-corrected chi connectivity index (χ2v) is 16.0. The van der Waals surface area contributed by atoms with Crippen LogP contribution in [0.3, 0.4) is 0 Å². The number of aromatic nitrogens is 1. The highest BCUT2D eigenvalue weighted by Crippen LogP contribution is 2.54. The Labute approximate surface area is 292 Å². The third kappa shape index (κ3) is 6.62. The molecule has 0 fully saturated rings. The predicted molar refractivity (Wildman–Crippen MR) is 206 cm³/mol. The average molecular weight is 681 g/mol. The molecule has 3 heterocycles. The molecule has 0 bridgehead atoms. The maximum Gasteiger partial charge on any atom is 0.737 e. The number of hydrogen-bond acceptors (Lipinski definition) is 1. The zero-order valence-electron chi connectivity index (χ0n) is 27.7. The lowest BCUT2D eigenvalue weighted by molar-refractivity contribution is -0.360. The van der Waals surface area contributed by atoms with E-state index in [0.29, 0.717) is 29.3 Å². The molecule has 7 rings (SSSR count). The monoisotopic (exact) mass is 680 g/mol. The van der Waals surface area contributed by atoms with Crippen LogP contribution in [-0.4, -0.2) is 40.3 Å². The van der Waals surface area contributed by atoms with Crippen LogP contribution in [0.1, 0.15) is 23.4 Å². The van der Waals surface area contributed by atoms with Crippen molar-refractivity contribution in [2.24, 2.45) is 0 Å². The average Bonchev–Trinajstić information content (AvgIpc) is 3.78. The molecule has 0 radical (unpaired) electrons. The van der Waals surface area contributed by atoms with Crippen molar-refractivity contribution in [3.63, 3.8) is 0 Å². The van der Waals surface area contributed by atoms with E-state index >= 15 is 8.63 Å². The molecule has 248 valence electrons. The lowest BCUT2D eigenvalue weighted by Crippen LogP contribution is -2.50. The fourth-order valence-corrected chi connectivity index (χ4v) is 11.2. The van der Waals surface area contributed by atoms with Crippen LogP contribution < -0.4 is 21.2 Å². The van der Waals surface area contributed by atoms with Gasteiger partial charge in [0, 0.05) is 36.4 Å². The Bertz CT molecular complexity index is 2030. The number of nitrogens with one attached hydrogen (secondary N) is 1. The lowest BCUT2D eigenvalue weighted by atomic mass is 9.90. The highest BCUT2D eigenvalue weighted by Gasteiger charge is 2.52. The summed E-state index contributed by atoms with van der Waals surface area (Å²) in [7, 11) is -2.10. The molecule has 4 nitrogen and oxygen atoms in total. The van der Waals surface area contributed by atoms with E-state index in [4.69, 9.17) is 0 Å². The van der Waals surface area contributed by atoms with Gasteiger partial charge in [-0.25, -0.2) is 0 Å². The first-order valence-electron chi connectivity index (χ1n) is 17.0. The van der Waals surface area contributed by atoms with E-state index in [2.05, 4.69) is 78.1 Å². The van der Waals surface area contributed by atoms with Gasteiger partial charge in [-0.2, -0.15) is 0 Å². The highest BCUT2D eigenvalue weighted by molar-refractivity contribution is 7.95. The number of hydrogen-bond donors (Lipinski definition) is 1. The van der Waals surface area contributed by atoms with E-state index in [0.717, 1.165) is 20.7 Å². The van der Waals surface area contributed by atoms with E-state index in [9.17, 15) is 4.79 Å². The summed E-state index contributed by atoms with van der Waals surface area (Å²) in [6, 6.07) is 44.9. The molecule has 1 N–H and O–H groups in total. The predicted octanol–water partition coefficient (Wildman–Crippen LogP) is 7.40. The molecule has 5 aromatic rings. The summed E-state index contributed by atoms with van der Waals surface area (Å²) in [5, 5.41) is 6.88. The molecule has 0 saturated carbocycles. The Balaban J connectivity index is 1.06. The molecule has 2 aliphatic rings. The zero-order valence-corrected chi connectivity index (χ0v) is 28.5. The first kappa shape index (κ1) is 33.1. The number of carbonyl (C=O) groups is 1. The third-order valence-corrected chi connectivity index (χ3v) is 13.8. The first-order chi connectivity index (χ1) is 24.5. The van der Waals surface area contributed by atoms with E-state index in [1.165, 1.54) is 15.9 Å². The Kier molecular flexibility index (Phi) is 9.68. The Morgan fingerprint density at radius 3 is 1.88 bits per heavy atom. The van der Waals surface area contributed by atoms with Crippen molar-refractivity contribution < 1.29 is 17.9 Å². The quantitative estimate of drug-likeness (QED) is 0.0833. The molecular weight excluding hydrogens is 642 g/mol. The van der Waals surface area contributed by atoms with Crippen molar-refractivity contribution in [3.8, 4) is 0 Å². The molecule has 0 saturated heterocycles. The van der Waals surface area contributed by atoms with Gasteiger partial charge in [0.15, 0.2) is 11.4 Å². The lowest BCUT2D eigenvalue weighted by Gasteiger charge is -2.30. The number of allylic oxidation sites excluding steroid dienone is 5. The second kappa shape index (κ2) is 14.6. The zero-order chi connectivity index (χ0) is 34.4. The molecule has 8 heteroatoms. The van der Waals surface area contributed by atoms with Crippen molar-refractivity contribution in [1.29, 1.82) is 0 Å². The Morgan fingerprint density at radius 1 is 0.720 bits per heavy atom. The summed E-state index contributed by atoms with van der Waals surface area (Å²) >= 11 is 0. The van der Waals surface area contributed by atoms with Gasteiger partial charge in [0.25, 0.3) is 0 Å². The number of nitrogens with zero attached hydrogens (tertiary/aromatic N) is 2. The van der Waals surface area contributed by atoms with Crippen molar-refractivity contribution in [3.05, 3.63) is 186 Å². The number of rotatable bonds is 12. The molecule has 2 aliphatic heterocycles. The normalized spacial score (nSPS) is 15.0. The van der Waals surface area contributed by atoms with Crippen molar-refractivity contribution in [2.45, 2.75) is 12.8 Å². The van der Waals surface area contributed by atoms with E-state index < -0.39 is 14.2 Å². The van der Waals surface area contributed by atoms with Crippen LogP contribution >= 0.6 is 7.26 Å². The van der Waals surface area contributed by atoms with Crippen LogP contribution in [0.15, 0.2) is 170 Å². The highest BCUT2D eigenvalue weighted by atomic mass is 31.2. The molecule has 0 unspecified atom stereocenters. The van der Waals surface area contributed by atoms with E-state index in [-0.39, 0.29) is 18.7 Å². The summed E-state index contributed by atoms with van der Waals surface area (Å²) in [6.07, 6.45) is 13.5. The van der Waals surface area contributed by atoms with Crippen molar-refractivity contribution in [2.75, 3.05) is 12.7 Å². The van der Waals surface area contributed by atoms with Crippen LogP contribution in [-0.2, 0) is 11.2 Å². The molecular formula is C42H38BF2N3OP+. The maximum absolute atomic E-state index is 16.3. The molecule has 4 aromatic carbocycles. The van der Waals surface area contributed by atoms with Gasteiger partial charge < -0.3 is 22.9 Å². The van der Waals surface area contributed by atoms with Gasteiger partial charge in [-0.15, -0.1) is 0 Å². The molecule has 0 aliphatic carbocycles. The van der Waals surface area contributed by atoms with E-state index in [1.54, 1.807) is 42.5 Å². The van der Waals surface area contributed by atoms with Gasteiger partial charge in [-0.05, 0) is 66.2 Å². The number of amides is 1. The van der Waals surface area contributed by atoms with Crippen LogP contribution in [0.5, 0.6) is 0 Å². The topological polar surface area (TPSA) is 37.0 Å². The van der Waals surface area contributed by atoms with Crippen molar-refractivity contribution >= 4 is 53.9 Å². The summed E-state index contributed by atoms with van der Waals surface area (Å²) in [4.78, 5) is 13.3. The maximum atomic E-state index is 16.3. The van der Waals surface area contributed by atoms with E-state index in [1.807, 2.05) is 60.7 Å². The molecule has 0 spiro atoms. The van der Waals surface area contributed by atoms with Crippen LogP contribution in [0.2, 0.25) is 0 Å². The molecule has 1 amide bonds. The number of aryl methyl sites for hydroxylation is 1. The van der Waals surface area contributed by atoms with Gasteiger partial charge in [-0.3, -0.25) is 4.79 Å². The Hall–Kier alpha value is -5.39. The summed E-state index contributed by atoms with van der Waals surface area (Å²) in [5.41, 5.74) is 2.79. The largest absolute Gasteiger partial charge is 0.737 e. The SMILES string of the molecule is O=C(CCc1ccc2n1[B-](F)(F)[N+]1=C(/C=C/C=C/c3ccccc3)C=CC1=C2)NCC[P+](c1ccccc1)(c1ccccc1)c1ccccc1. The minimum Gasteiger partial charge on any atom is -0.394 e. The van der Waals surface area contributed by atoms with Crippen LogP contribution in [0.4, 0.5) is 8.63 Å². The van der Waals surface area contributed by atoms with Crippen LogP contribution in [0, 0.1) is 0 Å². The second-order valence-electron chi connectivity index (χ2n) is 12.4. The summed E-state index contributed by atoms with van der Waals surface area (Å²) in [6.45, 7) is -3.70. The van der Waals surface area contributed by atoms with Gasteiger partial charge in [0.05, 0.1) is 12.7 Å². The standard InChI is InChI=1S/C42H37BF2N3OP/c44-43(45)47-35(18-14-13-17-34-15-5-1-6-16-34)25-27-37(47)33-38-28-26-36(48(38)43)29-30-42(49)46-31-32-50(39-19-7-2-8-20-39,40-21-9-3-10-22-40)41-23-11-4-12-24-41/h1-28,33H,29-32H2/p+1/b17-13+,18-14+. The number of fused-ring (bicyclic) bond motifs is 2. The first-order valence-corrected chi connectivity index (χ1v) is 18.9. The summed E-state index contributed by atoms with van der Waals surface area (Å²) in [5.74, 6) is -0.154. The number of halogens is 2. The minimum atomic E-state index is -4.17. The number of benzene rings is 4. The molecule has 50 heavy (non-hydrogen) atoms. The molecule has 1 aromatic heterocycles. The fourth-order valence-electron chi connectivity index (χ4n) is 7.03. The minimum absolute atomic E-state index is 0.110. The van der Waals surface area contributed by atoms with Gasteiger partial charge in [-0.1, -0.05) is 103 Å². The van der Waals surface area contributed by atoms with Gasteiger partial charge in [0.1, 0.15) is 23.2 Å². The van der Waals surface area contributed by atoms with Crippen molar-refractivity contribution in [1.82, 2.24) is 9.79 Å². The fraction of sp³-hybridized carbons (Fsp3) is 0.0952. The number of carbonyl (C=O) groups excluding carboxylic acids is 1. The third-order valence-electron chi connectivity index (χ3n) is 9.37. The van der Waals surface area contributed by atoms with Gasteiger partial charge in [0.2, 0.25) is 5.91 Å².